The van der Waals surface area contributed by atoms with Crippen molar-refractivity contribution in [2.75, 3.05) is 22.9 Å². The Morgan fingerprint density at radius 1 is 1.17 bits per heavy atom. The fraction of sp³-hybridized carbons (Fsp3) is 0.250. The summed E-state index contributed by atoms with van der Waals surface area (Å²) in [7, 11) is 0. The van der Waals surface area contributed by atoms with E-state index in [1.165, 1.54) is 15.9 Å². The first-order valence-electron chi connectivity index (χ1n) is 7.06. The van der Waals surface area contributed by atoms with E-state index >= 15 is 0 Å². The summed E-state index contributed by atoms with van der Waals surface area (Å²) < 4.78 is 39.0. The largest absolute Gasteiger partial charge is 0.329 e. The number of pyridine rings is 1. The zero-order valence-corrected chi connectivity index (χ0v) is 12.3. The topological polar surface area (TPSA) is 36.4 Å². The number of alkyl halides is 2. The summed E-state index contributed by atoms with van der Waals surface area (Å²) in [4.78, 5) is 19.5. The van der Waals surface area contributed by atoms with Gasteiger partial charge in [-0.15, -0.1) is 0 Å². The van der Waals surface area contributed by atoms with Crippen LogP contribution in [-0.4, -0.2) is 24.1 Å². The Bertz CT molecular complexity index is 751. The molecule has 3 rings (SSSR count). The lowest BCUT2D eigenvalue weighted by Crippen LogP contribution is -2.32. The highest BCUT2D eigenvalue weighted by atomic mass is 19.3. The minimum Gasteiger partial charge on any atom is -0.292 e. The first kappa shape index (κ1) is 15.3. The highest BCUT2D eigenvalue weighted by Gasteiger charge is 2.32. The summed E-state index contributed by atoms with van der Waals surface area (Å²) in [5.41, 5.74) is 1.13. The van der Waals surface area contributed by atoms with Crippen molar-refractivity contribution in [3.8, 4) is 0 Å². The number of urea groups is 1. The smallest absolute Gasteiger partial charge is 0.292 e. The van der Waals surface area contributed by atoms with E-state index in [2.05, 4.69) is 4.98 Å². The van der Waals surface area contributed by atoms with Crippen LogP contribution < -0.4 is 9.80 Å². The monoisotopic (exact) mass is 321 g/mol. The molecule has 4 nitrogen and oxygen atoms in total. The van der Waals surface area contributed by atoms with Crippen LogP contribution in [0.1, 0.15) is 17.6 Å². The van der Waals surface area contributed by atoms with E-state index in [-0.39, 0.29) is 11.7 Å². The summed E-state index contributed by atoms with van der Waals surface area (Å²) >= 11 is 0. The number of nitrogens with zero attached hydrogens (tertiary/aromatic N) is 3. The van der Waals surface area contributed by atoms with Crippen LogP contribution in [0.15, 0.2) is 36.7 Å². The number of aryl methyl sites for hydroxylation is 1. The molecule has 0 saturated carbocycles. The van der Waals surface area contributed by atoms with Crippen molar-refractivity contribution in [1.29, 1.82) is 0 Å². The van der Waals surface area contributed by atoms with Gasteiger partial charge in [0.05, 0.1) is 17.4 Å². The fourth-order valence-electron chi connectivity index (χ4n) is 2.60. The predicted octanol–water partition coefficient (Wildman–Crippen LogP) is 3.91. The molecule has 0 spiro atoms. The summed E-state index contributed by atoms with van der Waals surface area (Å²) in [6.07, 6.45) is 0.294. The third kappa shape index (κ3) is 2.74. The van der Waals surface area contributed by atoms with Crippen LogP contribution in [0.2, 0.25) is 0 Å². The third-order valence-corrected chi connectivity index (χ3v) is 3.84. The lowest BCUT2D eigenvalue weighted by atomic mass is 10.2. The summed E-state index contributed by atoms with van der Waals surface area (Å²) in [6.45, 7) is 2.61. The van der Waals surface area contributed by atoms with Gasteiger partial charge in [-0.2, -0.15) is 0 Å². The highest BCUT2D eigenvalue weighted by molar-refractivity contribution is 6.06. The maximum atomic E-state index is 13.4. The second-order valence-corrected chi connectivity index (χ2v) is 5.25. The number of carbonyl (C=O) groups is 1. The lowest BCUT2D eigenvalue weighted by molar-refractivity contribution is 0.146. The van der Waals surface area contributed by atoms with E-state index in [4.69, 9.17) is 0 Å². The van der Waals surface area contributed by atoms with Crippen molar-refractivity contribution < 1.29 is 18.0 Å². The number of aromatic nitrogens is 1. The molecule has 1 fully saturated rings. The van der Waals surface area contributed by atoms with E-state index in [0.717, 1.165) is 17.7 Å². The highest BCUT2D eigenvalue weighted by Crippen LogP contribution is 2.30. The molecule has 0 radical (unpaired) electrons. The van der Waals surface area contributed by atoms with Crippen molar-refractivity contribution in [1.82, 2.24) is 4.98 Å². The minimum absolute atomic E-state index is 0.260. The SMILES string of the molecule is Cc1ccncc1N1CCN(c2ccc(F)c(C(F)F)c2)C1=O. The van der Waals surface area contributed by atoms with E-state index in [1.54, 1.807) is 18.5 Å². The lowest BCUT2D eigenvalue weighted by Gasteiger charge is -2.20. The zero-order valence-electron chi connectivity index (χ0n) is 12.3. The molecule has 1 aliphatic rings. The molecule has 0 unspecified atom stereocenters. The molecule has 0 atom stereocenters. The Morgan fingerprint density at radius 2 is 1.91 bits per heavy atom. The van der Waals surface area contributed by atoms with E-state index < -0.39 is 17.8 Å². The molecule has 0 aliphatic carbocycles. The van der Waals surface area contributed by atoms with Crippen molar-refractivity contribution >= 4 is 17.4 Å². The Morgan fingerprint density at radius 3 is 2.61 bits per heavy atom. The maximum absolute atomic E-state index is 13.4. The van der Waals surface area contributed by atoms with Crippen molar-refractivity contribution in [2.45, 2.75) is 13.3 Å². The molecule has 120 valence electrons. The van der Waals surface area contributed by atoms with Gasteiger partial charge in [0.1, 0.15) is 5.82 Å². The Balaban J connectivity index is 1.91. The van der Waals surface area contributed by atoms with Crippen LogP contribution in [0.3, 0.4) is 0 Å². The Hall–Kier alpha value is -2.57. The number of anilines is 2. The minimum atomic E-state index is -2.93. The molecular formula is C16H14F3N3O. The molecule has 0 bridgehead atoms. The van der Waals surface area contributed by atoms with Gasteiger partial charge >= 0.3 is 6.03 Å². The van der Waals surface area contributed by atoms with Crippen LogP contribution in [0.25, 0.3) is 0 Å². The molecule has 1 aromatic carbocycles. The molecule has 23 heavy (non-hydrogen) atoms. The number of carbonyl (C=O) groups excluding carboxylic acids is 1. The van der Waals surface area contributed by atoms with Crippen LogP contribution in [0.5, 0.6) is 0 Å². The van der Waals surface area contributed by atoms with Gasteiger partial charge in [0.15, 0.2) is 0 Å². The Labute approximate surface area is 131 Å². The van der Waals surface area contributed by atoms with Crippen molar-refractivity contribution in [3.63, 3.8) is 0 Å². The maximum Gasteiger partial charge on any atom is 0.329 e. The average Bonchev–Trinajstić information content (AvgIpc) is 2.90. The number of hydrogen-bond acceptors (Lipinski definition) is 2. The van der Waals surface area contributed by atoms with Gasteiger partial charge in [-0.05, 0) is 36.8 Å². The van der Waals surface area contributed by atoms with Crippen LogP contribution in [-0.2, 0) is 0 Å². The molecule has 0 N–H and O–H groups in total. The molecule has 2 amide bonds. The van der Waals surface area contributed by atoms with Crippen molar-refractivity contribution in [2.24, 2.45) is 0 Å². The molecule has 7 heteroatoms. The van der Waals surface area contributed by atoms with E-state index in [9.17, 15) is 18.0 Å². The first-order valence-corrected chi connectivity index (χ1v) is 7.06. The van der Waals surface area contributed by atoms with Crippen LogP contribution in [0, 0.1) is 12.7 Å². The van der Waals surface area contributed by atoms with Gasteiger partial charge in [-0.1, -0.05) is 0 Å². The van der Waals surface area contributed by atoms with Gasteiger partial charge < -0.3 is 0 Å². The number of hydrogen-bond donors (Lipinski definition) is 0. The molecule has 2 aromatic rings. The number of rotatable bonds is 3. The Kier molecular flexibility index (Phi) is 3.94. The first-order chi connectivity index (χ1) is 11.0. The molecule has 1 saturated heterocycles. The second-order valence-electron chi connectivity index (χ2n) is 5.25. The van der Waals surface area contributed by atoms with Gasteiger partial charge in [0.2, 0.25) is 0 Å². The molecule has 1 aliphatic heterocycles. The molecular weight excluding hydrogens is 307 g/mol. The van der Waals surface area contributed by atoms with Crippen molar-refractivity contribution in [3.05, 3.63) is 53.6 Å². The standard InChI is InChI=1S/C16H14F3N3O/c1-10-4-5-20-9-14(10)22-7-6-21(16(22)23)11-2-3-13(17)12(8-11)15(18)19/h2-5,8-9,15H,6-7H2,1H3. The summed E-state index contributed by atoms with van der Waals surface area (Å²) in [6, 6.07) is 4.77. The van der Waals surface area contributed by atoms with E-state index in [0.29, 0.717) is 18.8 Å². The normalized spacial score (nSPS) is 14.9. The van der Waals surface area contributed by atoms with Gasteiger partial charge in [0, 0.05) is 25.0 Å². The summed E-state index contributed by atoms with van der Waals surface area (Å²) in [5, 5.41) is 0. The molecule has 2 heterocycles. The van der Waals surface area contributed by atoms with Gasteiger partial charge in [0.25, 0.3) is 6.43 Å². The van der Waals surface area contributed by atoms with Crippen LogP contribution in [0.4, 0.5) is 29.3 Å². The summed E-state index contributed by atoms with van der Waals surface area (Å²) in [5.74, 6) is -0.977. The number of halogens is 3. The average molecular weight is 321 g/mol. The number of benzene rings is 1. The predicted molar refractivity (Wildman–Crippen MR) is 80.4 cm³/mol. The second kappa shape index (κ2) is 5.91. The van der Waals surface area contributed by atoms with Crippen LogP contribution >= 0.6 is 0 Å². The number of amides is 2. The van der Waals surface area contributed by atoms with Gasteiger partial charge in [-0.25, -0.2) is 18.0 Å². The molecule has 1 aromatic heterocycles. The fourth-order valence-corrected chi connectivity index (χ4v) is 2.60. The quantitative estimate of drug-likeness (QED) is 0.859. The van der Waals surface area contributed by atoms with E-state index in [1.807, 2.05) is 6.92 Å². The van der Waals surface area contributed by atoms with Gasteiger partial charge in [-0.3, -0.25) is 14.8 Å². The third-order valence-electron chi connectivity index (χ3n) is 3.84. The zero-order chi connectivity index (χ0) is 16.6.